The van der Waals surface area contributed by atoms with E-state index in [0.29, 0.717) is 22.8 Å². The summed E-state index contributed by atoms with van der Waals surface area (Å²) >= 11 is 12.3. The first-order valence-electron chi connectivity index (χ1n) is 11.8. The van der Waals surface area contributed by atoms with Crippen molar-refractivity contribution in [3.05, 3.63) is 81.5 Å². The monoisotopic (exact) mass is 549 g/mol. The summed E-state index contributed by atoms with van der Waals surface area (Å²) in [5.41, 5.74) is 1.03. The quantitative estimate of drug-likeness (QED) is 0.430. The van der Waals surface area contributed by atoms with Gasteiger partial charge in [-0.2, -0.15) is 18.3 Å². The highest BCUT2D eigenvalue weighted by Crippen LogP contribution is 2.41. The van der Waals surface area contributed by atoms with Gasteiger partial charge in [0, 0.05) is 37.5 Å². The molecule has 1 amide bonds. The van der Waals surface area contributed by atoms with Crippen LogP contribution in [0.15, 0.2) is 59.6 Å². The summed E-state index contributed by atoms with van der Waals surface area (Å²) < 4.78 is 41.6. The molecule has 3 aromatic rings. The van der Waals surface area contributed by atoms with Crippen LogP contribution in [-0.4, -0.2) is 45.4 Å². The largest absolute Gasteiger partial charge is 0.435 e. The standard InChI is InChI=1S/C26H24Cl2F3N5O/c1-15-23(25(37)33-18-9-10-35(14-18)13-16-5-3-2-4-6-16)24(17-7-8-19(27)20(28)11-17)36-22(32-15)12-21(34-36)26(29,30)31/h2-8,11-12,18,23-24H,9-10,13-14H2,1H3,(H,33,37). The number of aliphatic imine (C=N–C) groups is 1. The highest BCUT2D eigenvalue weighted by molar-refractivity contribution is 6.42. The van der Waals surface area contributed by atoms with Gasteiger partial charge >= 0.3 is 6.18 Å². The number of likely N-dealkylation sites (tertiary alicyclic amines) is 1. The van der Waals surface area contributed by atoms with Crippen LogP contribution in [0.5, 0.6) is 0 Å². The van der Waals surface area contributed by atoms with Crippen LogP contribution in [0.25, 0.3) is 0 Å². The molecule has 1 saturated heterocycles. The normalized spacial score (nSPS) is 22.0. The Morgan fingerprint density at radius 2 is 1.86 bits per heavy atom. The highest BCUT2D eigenvalue weighted by atomic mass is 35.5. The summed E-state index contributed by atoms with van der Waals surface area (Å²) in [6.45, 7) is 3.92. The number of fused-ring (bicyclic) bond motifs is 1. The number of rotatable bonds is 5. The Kier molecular flexibility index (Phi) is 7.04. The van der Waals surface area contributed by atoms with E-state index in [-0.39, 0.29) is 22.8 Å². The number of nitrogens with zero attached hydrogens (tertiary/aromatic N) is 4. The second kappa shape index (κ2) is 10.1. The average Bonchev–Trinajstić information content (AvgIpc) is 3.47. The fraction of sp³-hybridized carbons (Fsp3) is 0.346. The zero-order chi connectivity index (χ0) is 26.3. The van der Waals surface area contributed by atoms with E-state index in [1.54, 1.807) is 25.1 Å². The van der Waals surface area contributed by atoms with Crippen molar-refractivity contribution in [3.63, 3.8) is 0 Å². The molecule has 3 heterocycles. The average molecular weight is 550 g/mol. The molecule has 37 heavy (non-hydrogen) atoms. The highest BCUT2D eigenvalue weighted by Gasteiger charge is 2.43. The summed E-state index contributed by atoms with van der Waals surface area (Å²) in [7, 11) is 0. The van der Waals surface area contributed by atoms with Crippen molar-refractivity contribution >= 4 is 40.6 Å². The third kappa shape index (κ3) is 5.39. The molecule has 3 unspecified atom stereocenters. The van der Waals surface area contributed by atoms with E-state index in [9.17, 15) is 18.0 Å². The molecule has 0 saturated carbocycles. The van der Waals surface area contributed by atoms with Crippen LogP contribution in [0.3, 0.4) is 0 Å². The lowest BCUT2D eigenvalue weighted by Gasteiger charge is -2.32. The number of benzene rings is 2. The second-order valence-corrected chi connectivity index (χ2v) is 10.2. The smallest absolute Gasteiger partial charge is 0.351 e. The van der Waals surface area contributed by atoms with Crippen molar-refractivity contribution in [2.75, 3.05) is 13.1 Å². The summed E-state index contributed by atoms with van der Waals surface area (Å²) in [4.78, 5) is 20.2. The van der Waals surface area contributed by atoms with Gasteiger partial charge in [0.15, 0.2) is 11.5 Å². The van der Waals surface area contributed by atoms with Crippen LogP contribution in [-0.2, 0) is 17.5 Å². The van der Waals surface area contributed by atoms with Crippen molar-refractivity contribution < 1.29 is 18.0 Å². The van der Waals surface area contributed by atoms with Gasteiger partial charge in [0.25, 0.3) is 0 Å². The summed E-state index contributed by atoms with van der Waals surface area (Å²) in [5, 5.41) is 7.45. The Morgan fingerprint density at radius 3 is 2.57 bits per heavy atom. The molecule has 6 nitrogen and oxygen atoms in total. The maximum atomic E-state index is 13.6. The molecule has 1 N–H and O–H groups in total. The van der Waals surface area contributed by atoms with Crippen molar-refractivity contribution in [1.29, 1.82) is 0 Å². The van der Waals surface area contributed by atoms with E-state index in [0.717, 1.165) is 30.3 Å². The minimum atomic E-state index is -4.65. The first kappa shape index (κ1) is 25.8. The Bertz CT molecular complexity index is 1340. The van der Waals surface area contributed by atoms with Gasteiger partial charge in [-0.1, -0.05) is 59.6 Å². The zero-order valence-electron chi connectivity index (χ0n) is 19.8. The first-order valence-corrected chi connectivity index (χ1v) is 12.6. The number of hydrogen-bond acceptors (Lipinski definition) is 4. The lowest BCUT2D eigenvalue weighted by molar-refractivity contribution is -0.141. The molecule has 2 aromatic carbocycles. The molecule has 194 valence electrons. The molecule has 1 aromatic heterocycles. The van der Waals surface area contributed by atoms with E-state index < -0.39 is 23.8 Å². The predicted molar refractivity (Wildman–Crippen MR) is 136 cm³/mol. The molecule has 0 bridgehead atoms. The summed E-state index contributed by atoms with van der Waals surface area (Å²) in [6.07, 6.45) is -3.88. The van der Waals surface area contributed by atoms with Gasteiger partial charge in [-0.25, -0.2) is 9.67 Å². The van der Waals surface area contributed by atoms with Gasteiger partial charge in [0.2, 0.25) is 5.91 Å². The van der Waals surface area contributed by atoms with E-state index >= 15 is 0 Å². The second-order valence-electron chi connectivity index (χ2n) is 9.39. The number of nitrogens with one attached hydrogen (secondary N) is 1. The molecule has 11 heteroatoms. The minimum Gasteiger partial charge on any atom is -0.351 e. The molecular formula is C26H24Cl2F3N5O. The Morgan fingerprint density at radius 1 is 1.11 bits per heavy atom. The van der Waals surface area contributed by atoms with E-state index in [4.69, 9.17) is 23.2 Å². The molecule has 5 rings (SSSR count). The predicted octanol–water partition coefficient (Wildman–Crippen LogP) is 5.91. The van der Waals surface area contributed by atoms with Gasteiger partial charge in [-0.05, 0) is 36.6 Å². The van der Waals surface area contributed by atoms with Gasteiger partial charge in [-0.3, -0.25) is 9.69 Å². The lowest BCUT2D eigenvalue weighted by Crippen LogP contribution is -2.46. The van der Waals surface area contributed by atoms with Crippen LogP contribution in [0, 0.1) is 5.92 Å². The van der Waals surface area contributed by atoms with Gasteiger partial charge in [-0.15, -0.1) is 0 Å². The molecule has 0 spiro atoms. The summed E-state index contributed by atoms with van der Waals surface area (Å²) in [6, 6.07) is 14.8. The number of halogens is 5. The Hall–Kier alpha value is -2.88. The SMILES string of the molecule is CC1=Nc2cc(C(F)(F)F)nn2C(c2ccc(Cl)c(Cl)c2)C1C(=O)NC1CCN(Cc2ccccc2)C1. The number of aromatic nitrogens is 2. The maximum absolute atomic E-state index is 13.6. The van der Waals surface area contributed by atoms with Crippen LogP contribution < -0.4 is 5.32 Å². The number of carbonyl (C=O) groups is 1. The van der Waals surface area contributed by atoms with Crippen molar-refractivity contribution in [1.82, 2.24) is 20.0 Å². The Balaban J connectivity index is 1.41. The molecule has 2 aliphatic heterocycles. The molecule has 2 aliphatic rings. The fourth-order valence-electron chi connectivity index (χ4n) is 5.02. The number of amides is 1. The molecule has 0 radical (unpaired) electrons. The molecule has 0 aliphatic carbocycles. The van der Waals surface area contributed by atoms with E-state index in [1.807, 2.05) is 18.2 Å². The number of hydrogen-bond donors (Lipinski definition) is 1. The lowest BCUT2D eigenvalue weighted by atomic mass is 9.87. The first-order chi connectivity index (χ1) is 17.6. The van der Waals surface area contributed by atoms with E-state index in [2.05, 4.69) is 32.4 Å². The van der Waals surface area contributed by atoms with Crippen LogP contribution >= 0.6 is 23.2 Å². The summed E-state index contributed by atoms with van der Waals surface area (Å²) in [5.74, 6) is -1.17. The van der Waals surface area contributed by atoms with Crippen LogP contribution in [0.4, 0.5) is 19.0 Å². The molecular weight excluding hydrogens is 526 g/mol. The van der Waals surface area contributed by atoms with Crippen LogP contribution in [0.1, 0.15) is 36.2 Å². The van der Waals surface area contributed by atoms with Crippen molar-refractivity contribution in [3.8, 4) is 0 Å². The van der Waals surface area contributed by atoms with Gasteiger partial charge in [0.1, 0.15) is 5.92 Å². The van der Waals surface area contributed by atoms with Crippen LogP contribution in [0.2, 0.25) is 10.0 Å². The van der Waals surface area contributed by atoms with E-state index in [1.165, 1.54) is 5.56 Å². The molecule has 1 fully saturated rings. The Labute approximate surface area is 222 Å². The third-order valence-corrected chi connectivity index (χ3v) is 7.50. The van der Waals surface area contributed by atoms with Crippen molar-refractivity contribution in [2.24, 2.45) is 10.9 Å². The molecule has 3 atom stereocenters. The minimum absolute atomic E-state index is 0.0276. The van der Waals surface area contributed by atoms with Crippen molar-refractivity contribution in [2.45, 2.75) is 38.1 Å². The van der Waals surface area contributed by atoms with Gasteiger partial charge in [0.05, 0.1) is 16.1 Å². The fourth-order valence-corrected chi connectivity index (χ4v) is 5.33. The zero-order valence-corrected chi connectivity index (χ0v) is 21.4. The topological polar surface area (TPSA) is 62.5 Å². The number of alkyl halides is 3. The van der Waals surface area contributed by atoms with Gasteiger partial charge < -0.3 is 5.32 Å². The maximum Gasteiger partial charge on any atom is 0.435 e. The number of carbonyl (C=O) groups excluding carboxylic acids is 1. The third-order valence-electron chi connectivity index (χ3n) is 6.76.